The number of nitrogens with zero attached hydrogens (tertiary/aromatic N) is 6. The molecule has 0 fully saturated rings. The fraction of sp³-hybridized carbons (Fsp3) is 0.0370. The van der Waals surface area contributed by atoms with E-state index < -0.39 is 0 Å². The molecule has 0 saturated heterocycles. The van der Waals surface area contributed by atoms with Gasteiger partial charge < -0.3 is 0 Å². The Morgan fingerprint density at radius 2 is 0.600 bits per heavy atom. The maximum absolute atomic E-state index is 5.10. The van der Waals surface area contributed by atoms with Crippen molar-refractivity contribution < 1.29 is 0 Å². The van der Waals surface area contributed by atoms with E-state index >= 15 is 0 Å². The van der Waals surface area contributed by atoms with Gasteiger partial charge >= 0.3 is 0 Å². The zero-order chi connectivity index (χ0) is 39.8. The van der Waals surface area contributed by atoms with Crippen LogP contribution in [0.1, 0.15) is 11.1 Å². The number of aryl methyl sites for hydroxylation is 2. The van der Waals surface area contributed by atoms with E-state index in [1.165, 1.54) is 33.0 Å². The third kappa shape index (κ3) is 6.80. The van der Waals surface area contributed by atoms with Gasteiger partial charge in [-0.15, -0.1) is 0 Å². The number of hydrogen-bond donors (Lipinski definition) is 0. The first-order valence-electron chi connectivity index (χ1n) is 20.2. The standard InChI is InChI=1S/C54H36N6/c1-4-13-37(14-5-1)49-55-50(38-15-6-2-7-16-38)58-53(57-49)45-23-11-20-41(31-45)42-21-12-24-46(32-42)54-59-51(39-17-8-3-9-18-39)56-52(60-54)40-28-25-35(26-29-40)47-33-43-22-10-19-36-27-30-44(34-47)48(36)43/h1-26,28-29,31-34H,27,30H2. The van der Waals surface area contributed by atoms with Crippen molar-refractivity contribution in [3.05, 3.63) is 205 Å². The van der Waals surface area contributed by atoms with Gasteiger partial charge in [0.1, 0.15) is 0 Å². The number of benzene rings is 8. The van der Waals surface area contributed by atoms with Crippen molar-refractivity contribution in [3.8, 4) is 90.6 Å². The zero-order valence-electron chi connectivity index (χ0n) is 32.6. The van der Waals surface area contributed by atoms with E-state index in [1.807, 2.05) is 103 Å². The second-order valence-electron chi connectivity index (χ2n) is 15.1. The highest BCUT2D eigenvalue weighted by Gasteiger charge is 2.18. The smallest absolute Gasteiger partial charge is 0.164 e. The molecular weight excluding hydrogens is 733 g/mol. The SMILES string of the molecule is c1ccc(-c2nc(-c3ccccc3)nc(-c3cccc(-c4cccc(-c5nc(-c6ccccc6)nc(-c6ccc(-c7cc8c9c(cccc9c7)CC8)cc6)n5)c4)c3)n2)cc1. The van der Waals surface area contributed by atoms with Gasteiger partial charge in [-0.1, -0.05) is 176 Å². The lowest BCUT2D eigenvalue weighted by molar-refractivity contribution is 1.02. The van der Waals surface area contributed by atoms with Crippen LogP contribution in [0.4, 0.5) is 0 Å². The molecule has 2 aromatic heterocycles. The van der Waals surface area contributed by atoms with Crippen molar-refractivity contribution in [2.45, 2.75) is 12.8 Å². The van der Waals surface area contributed by atoms with Crippen LogP contribution in [0.3, 0.4) is 0 Å². The predicted octanol–water partition coefficient (Wildman–Crippen LogP) is 12.6. The van der Waals surface area contributed by atoms with E-state index in [9.17, 15) is 0 Å². The number of rotatable bonds is 8. The highest BCUT2D eigenvalue weighted by molar-refractivity contribution is 5.94. The Kier molecular flexibility index (Phi) is 8.86. The fourth-order valence-corrected chi connectivity index (χ4v) is 8.22. The molecular formula is C54H36N6. The van der Waals surface area contributed by atoms with E-state index in [0.717, 1.165) is 57.3 Å². The van der Waals surface area contributed by atoms with Crippen molar-refractivity contribution in [3.63, 3.8) is 0 Å². The largest absolute Gasteiger partial charge is 0.208 e. The van der Waals surface area contributed by atoms with E-state index in [4.69, 9.17) is 29.9 Å². The van der Waals surface area contributed by atoms with Crippen LogP contribution in [-0.2, 0) is 12.8 Å². The molecule has 1 aliphatic rings. The van der Waals surface area contributed by atoms with Crippen LogP contribution in [0.25, 0.3) is 101 Å². The van der Waals surface area contributed by atoms with Crippen molar-refractivity contribution in [1.29, 1.82) is 0 Å². The highest BCUT2D eigenvalue weighted by atomic mass is 15.0. The summed E-state index contributed by atoms with van der Waals surface area (Å²) in [7, 11) is 0. The molecule has 0 radical (unpaired) electrons. The third-order valence-electron chi connectivity index (χ3n) is 11.2. The maximum atomic E-state index is 5.10. The molecule has 0 unspecified atom stereocenters. The first-order chi connectivity index (χ1) is 29.7. The van der Waals surface area contributed by atoms with E-state index in [1.54, 1.807) is 0 Å². The van der Waals surface area contributed by atoms with Crippen LogP contribution >= 0.6 is 0 Å². The quantitative estimate of drug-likeness (QED) is 0.153. The molecule has 0 N–H and O–H groups in total. The van der Waals surface area contributed by atoms with Gasteiger partial charge in [-0.25, -0.2) is 29.9 Å². The van der Waals surface area contributed by atoms with Crippen LogP contribution in [-0.4, -0.2) is 29.9 Å². The molecule has 11 rings (SSSR count). The minimum atomic E-state index is 0.603. The summed E-state index contributed by atoms with van der Waals surface area (Å²) < 4.78 is 0. The summed E-state index contributed by atoms with van der Waals surface area (Å²) >= 11 is 0. The molecule has 0 bridgehead atoms. The second-order valence-corrected chi connectivity index (χ2v) is 15.1. The van der Waals surface area contributed by atoms with Gasteiger partial charge in [0.15, 0.2) is 34.9 Å². The van der Waals surface area contributed by atoms with Crippen molar-refractivity contribution >= 4 is 10.8 Å². The minimum absolute atomic E-state index is 0.603. The van der Waals surface area contributed by atoms with Crippen molar-refractivity contribution in [2.75, 3.05) is 0 Å². The lowest BCUT2D eigenvalue weighted by atomic mass is 9.97. The van der Waals surface area contributed by atoms with E-state index in [0.29, 0.717) is 34.9 Å². The summed E-state index contributed by atoms with van der Waals surface area (Å²) in [4.78, 5) is 30.0. The van der Waals surface area contributed by atoms with Gasteiger partial charge in [0.05, 0.1) is 0 Å². The predicted molar refractivity (Wildman–Crippen MR) is 242 cm³/mol. The Labute approximate surface area is 348 Å². The Morgan fingerprint density at radius 1 is 0.233 bits per heavy atom. The van der Waals surface area contributed by atoms with Gasteiger partial charge in [0.25, 0.3) is 0 Å². The summed E-state index contributed by atoms with van der Waals surface area (Å²) in [6.45, 7) is 0. The molecule has 60 heavy (non-hydrogen) atoms. The molecule has 282 valence electrons. The topological polar surface area (TPSA) is 77.3 Å². The number of aromatic nitrogens is 6. The summed E-state index contributed by atoms with van der Waals surface area (Å²) in [6.07, 6.45) is 2.21. The van der Waals surface area contributed by atoms with Gasteiger partial charge in [-0.05, 0) is 75.2 Å². The molecule has 0 aliphatic heterocycles. The highest BCUT2D eigenvalue weighted by Crippen LogP contribution is 2.36. The molecule has 1 aliphatic carbocycles. The summed E-state index contributed by atoms with van der Waals surface area (Å²) in [5.41, 5.74) is 12.8. The first-order valence-corrected chi connectivity index (χ1v) is 20.2. The zero-order valence-corrected chi connectivity index (χ0v) is 32.6. The second kappa shape index (κ2) is 15.1. The minimum Gasteiger partial charge on any atom is -0.208 e. The van der Waals surface area contributed by atoms with Crippen LogP contribution in [0, 0.1) is 0 Å². The van der Waals surface area contributed by atoms with Gasteiger partial charge in [-0.3, -0.25) is 0 Å². The summed E-state index contributed by atoms with van der Waals surface area (Å²) in [5, 5.41) is 2.74. The molecule has 2 heterocycles. The normalized spacial score (nSPS) is 11.9. The van der Waals surface area contributed by atoms with Crippen LogP contribution in [0.5, 0.6) is 0 Å². The average Bonchev–Trinajstić information content (AvgIpc) is 3.76. The molecule has 0 atom stereocenters. The average molecular weight is 769 g/mol. The van der Waals surface area contributed by atoms with Crippen LogP contribution < -0.4 is 0 Å². The van der Waals surface area contributed by atoms with Gasteiger partial charge in [-0.2, -0.15) is 0 Å². The van der Waals surface area contributed by atoms with Gasteiger partial charge in [0, 0.05) is 33.4 Å². The Morgan fingerprint density at radius 3 is 1.08 bits per heavy atom. The molecule has 6 nitrogen and oxygen atoms in total. The Hall–Kier alpha value is -7.96. The van der Waals surface area contributed by atoms with Crippen molar-refractivity contribution in [2.24, 2.45) is 0 Å². The first kappa shape index (κ1) is 35.2. The van der Waals surface area contributed by atoms with Crippen LogP contribution in [0.15, 0.2) is 194 Å². The van der Waals surface area contributed by atoms with E-state index in [2.05, 4.69) is 91.0 Å². The van der Waals surface area contributed by atoms with Gasteiger partial charge in [0.2, 0.25) is 0 Å². The monoisotopic (exact) mass is 768 g/mol. The van der Waals surface area contributed by atoms with Crippen molar-refractivity contribution in [1.82, 2.24) is 29.9 Å². The molecule has 0 amide bonds. The lowest BCUT2D eigenvalue weighted by Crippen LogP contribution is -2.00. The van der Waals surface area contributed by atoms with E-state index in [-0.39, 0.29) is 0 Å². The molecule has 6 heteroatoms. The maximum Gasteiger partial charge on any atom is 0.164 e. The number of hydrogen-bond acceptors (Lipinski definition) is 6. The fourth-order valence-electron chi connectivity index (χ4n) is 8.22. The molecule has 0 saturated carbocycles. The summed E-state index contributed by atoms with van der Waals surface area (Å²) in [5.74, 6) is 3.71. The Balaban J connectivity index is 0.958. The molecule has 10 aromatic rings. The lowest BCUT2D eigenvalue weighted by Gasteiger charge is -2.11. The molecule has 0 spiro atoms. The van der Waals surface area contributed by atoms with Crippen LogP contribution in [0.2, 0.25) is 0 Å². The molecule has 8 aromatic carbocycles. The Bertz CT molecular complexity index is 3130. The third-order valence-corrected chi connectivity index (χ3v) is 11.2. The summed E-state index contributed by atoms with van der Waals surface area (Å²) in [6, 6.07) is 66.8.